The summed E-state index contributed by atoms with van der Waals surface area (Å²) < 4.78 is 5.41. The fraction of sp³-hybridized carbons (Fsp3) is 0.533. The van der Waals surface area contributed by atoms with Crippen molar-refractivity contribution in [2.45, 2.75) is 44.6 Å². The molecule has 2 N–H and O–H groups in total. The van der Waals surface area contributed by atoms with E-state index in [-0.39, 0.29) is 12.8 Å². The van der Waals surface area contributed by atoms with Crippen molar-refractivity contribution in [2.75, 3.05) is 6.73 Å². The van der Waals surface area contributed by atoms with Crippen molar-refractivity contribution in [1.82, 2.24) is 10.6 Å². The van der Waals surface area contributed by atoms with E-state index in [4.69, 9.17) is 16.3 Å². The summed E-state index contributed by atoms with van der Waals surface area (Å²) in [4.78, 5) is 11.7. The van der Waals surface area contributed by atoms with Crippen LogP contribution in [-0.4, -0.2) is 18.8 Å². The smallest absolute Gasteiger partial charge is 0.317 e. The molecule has 4 nitrogen and oxygen atoms in total. The number of carbonyl (C=O) groups excluding carboxylic acids is 1. The zero-order valence-corrected chi connectivity index (χ0v) is 12.3. The number of benzene rings is 1. The molecule has 0 heterocycles. The van der Waals surface area contributed by atoms with Crippen molar-refractivity contribution in [3.8, 4) is 5.75 Å². The van der Waals surface area contributed by atoms with Gasteiger partial charge in [-0.2, -0.15) is 0 Å². The van der Waals surface area contributed by atoms with Crippen LogP contribution in [0.5, 0.6) is 5.75 Å². The molecule has 0 radical (unpaired) electrons. The molecule has 0 aromatic heterocycles. The maximum absolute atomic E-state index is 11.7. The largest absolute Gasteiger partial charge is 0.473 e. The van der Waals surface area contributed by atoms with Crippen LogP contribution in [0.2, 0.25) is 5.02 Å². The van der Waals surface area contributed by atoms with Gasteiger partial charge in [0.15, 0.2) is 6.73 Å². The number of urea groups is 1. The molecule has 110 valence electrons. The van der Waals surface area contributed by atoms with E-state index in [1.54, 1.807) is 24.3 Å². The Labute approximate surface area is 124 Å². The molecule has 20 heavy (non-hydrogen) atoms. The van der Waals surface area contributed by atoms with Crippen molar-refractivity contribution >= 4 is 17.6 Å². The van der Waals surface area contributed by atoms with Crippen LogP contribution in [0.3, 0.4) is 0 Å². The van der Waals surface area contributed by atoms with E-state index in [1.165, 1.54) is 25.7 Å². The summed E-state index contributed by atoms with van der Waals surface area (Å²) in [6.45, 7) is 0.153. The zero-order chi connectivity index (χ0) is 14.2. The lowest BCUT2D eigenvalue weighted by atomic mass is 10.1. The molecule has 2 amide bonds. The monoisotopic (exact) mass is 296 g/mol. The number of nitrogens with one attached hydrogen (secondary N) is 2. The standard InChI is InChI=1S/C15H21ClN2O2/c16-12-7-9-14(10-8-12)20-11-17-15(19)18-13-5-3-1-2-4-6-13/h7-10,13H,1-6,11H2,(H2,17,18,19). The molecule has 1 aromatic rings. The van der Waals surface area contributed by atoms with Gasteiger partial charge in [-0.05, 0) is 37.1 Å². The molecule has 1 saturated carbocycles. The quantitative estimate of drug-likeness (QED) is 0.657. The first kappa shape index (κ1) is 15.0. The Hall–Kier alpha value is -1.42. The van der Waals surface area contributed by atoms with Crippen molar-refractivity contribution in [3.05, 3.63) is 29.3 Å². The molecule has 1 aromatic carbocycles. The minimum Gasteiger partial charge on any atom is -0.473 e. The number of carbonyl (C=O) groups is 1. The van der Waals surface area contributed by atoms with Crippen LogP contribution in [0.25, 0.3) is 0 Å². The maximum Gasteiger partial charge on any atom is 0.317 e. The lowest BCUT2D eigenvalue weighted by Crippen LogP contribution is -2.43. The fourth-order valence-electron chi connectivity index (χ4n) is 2.38. The van der Waals surface area contributed by atoms with Gasteiger partial charge < -0.3 is 15.4 Å². The second-order valence-electron chi connectivity index (χ2n) is 5.08. The van der Waals surface area contributed by atoms with E-state index < -0.39 is 0 Å². The predicted octanol–water partition coefficient (Wildman–Crippen LogP) is 3.70. The van der Waals surface area contributed by atoms with E-state index in [9.17, 15) is 4.79 Å². The van der Waals surface area contributed by atoms with E-state index in [1.807, 2.05) is 0 Å². The average Bonchev–Trinajstić information content (AvgIpc) is 2.70. The minimum absolute atomic E-state index is 0.153. The van der Waals surface area contributed by atoms with E-state index in [0.29, 0.717) is 16.8 Å². The summed E-state index contributed by atoms with van der Waals surface area (Å²) in [6, 6.07) is 7.18. The van der Waals surface area contributed by atoms with Crippen LogP contribution in [0.15, 0.2) is 24.3 Å². The molecule has 1 aliphatic rings. The first-order valence-electron chi connectivity index (χ1n) is 7.17. The summed E-state index contributed by atoms with van der Waals surface area (Å²) in [5.41, 5.74) is 0. The molecule has 0 unspecified atom stereocenters. The molecule has 1 aliphatic carbocycles. The third kappa shape index (κ3) is 5.29. The Bertz CT molecular complexity index is 414. The van der Waals surface area contributed by atoms with Gasteiger partial charge in [0.1, 0.15) is 5.75 Å². The molecule has 2 rings (SSSR count). The predicted molar refractivity (Wildman–Crippen MR) is 80.1 cm³/mol. The highest BCUT2D eigenvalue weighted by Crippen LogP contribution is 2.17. The summed E-state index contributed by atoms with van der Waals surface area (Å²) in [5.74, 6) is 0.684. The number of ether oxygens (including phenoxy) is 1. The maximum atomic E-state index is 11.7. The lowest BCUT2D eigenvalue weighted by Gasteiger charge is -2.16. The van der Waals surface area contributed by atoms with Crippen LogP contribution in [0.1, 0.15) is 38.5 Å². The van der Waals surface area contributed by atoms with Crippen LogP contribution in [0, 0.1) is 0 Å². The third-order valence-corrected chi connectivity index (χ3v) is 3.73. The van der Waals surface area contributed by atoms with Gasteiger partial charge >= 0.3 is 6.03 Å². The molecule has 0 spiro atoms. The average molecular weight is 297 g/mol. The van der Waals surface area contributed by atoms with E-state index in [0.717, 1.165) is 12.8 Å². The minimum atomic E-state index is -0.161. The Kier molecular flexibility index (Phi) is 5.99. The molecule has 5 heteroatoms. The summed E-state index contributed by atoms with van der Waals surface area (Å²) in [6.07, 6.45) is 7.11. The SMILES string of the molecule is O=C(NCOc1ccc(Cl)cc1)NC1CCCCCC1. The van der Waals surface area contributed by atoms with Gasteiger partial charge in [0.2, 0.25) is 0 Å². The molecule has 0 bridgehead atoms. The van der Waals surface area contributed by atoms with Gasteiger partial charge in [-0.3, -0.25) is 0 Å². The van der Waals surface area contributed by atoms with Crippen molar-refractivity contribution < 1.29 is 9.53 Å². The highest BCUT2D eigenvalue weighted by molar-refractivity contribution is 6.30. The highest BCUT2D eigenvalue weighted by Gasteiger charge is 2.14. The molecule has 1 fully saturated rings. The number of halogens is 1. The number of hydrogen-bond donors (Lipinski definition) is 2. The van der Waals surface area contributed by atoms with Crippen LogP contribution >= 0.6 is 11.6 Å². The van der Waals surface area contributed by atoms with Gasteiger partial charge in [-0.25, -0.2) is 4.79 Å². The van der Waals surface area contributed by atoms with Gasteiger partial charge in [-0.15, -0.1) is 0 Å². The van der Waals surface area contributed by atoms with Crippen LogP contribution in [0.4, 0.5) is 4.79 Å². The number of amides is 2. The second-order valence-corrected chi connectivity index (χ2v) is 5.52. The molecule has 0 atom stereocenters. The Morgan fingerprint density at radius 3 is 2.45 bits per heavy atom. The fourth-order valence-corrected chi connectivity index (χ4v) is 2.50. The van der Waals surface area contributed by atoms with Crippen molar-refractivity contribution in [1.29, 1.82) is 0 Å². The normalized spacial score (nSPS) is 16.2. The molecular formula is C15H21ClN2O2. The summed E-state index contributed by atoms with van der Waals surface area (Å²) in [5, 5.41) is 6.37. The van der Waals surface area contributed by atoms with Gasteiger partial charge in [-0.1, -0.05) is 37.3 Å². The zero-order valence-electron chi connectivity index (χ0n) is 11.5. The summed E-state index contributed by atoms with van der Waals surface area (Å²) >= 11 is 5.78. The lowest BCUT2D eigenvalue weighted by molar-refractivity contribution is 0.219. The van der Waals surface area contributed by atoms with Gasteiger partial charge in [0.05, 0.1) is 0 Å². The first-order valence-corrected chi connectivity index (χ1v) is 7.54. The molecule has 0 aliphatic heterocycles. The first-order chi connectivity index (χ1) is 9.74. The van der Waals surface area contributed by atoms with Gasteiger partial charge in [0, 0.05) is 11.1 Å². The third-order valence-electron chi connectivity index (χ3n) is 3.48. The van der Waals surface area contributed by atoms with Gasteiger partial charge in [0.25, 0.3) is 0 Å². The topological polar surface area (TPSA) is 50.4 Å². The van der Waals surface area contributed by atoms with E-state index >= 15 is 0 Å². The Balaban J connectivity index is 1.65. The van der Waals surface area contributed by atoms with Crippen LogP contribution in [-0.2, 0) is 0 Å². The Morgan fingerprint density at radius 2 is 1.80 bits per heavy atom. The molecule has 0 saturated heterocycles. The highest BCUT2D eigenvalue weighted by atomic mass is 35.5. The van der Waals surface area contributed by atoms with Crippen molar-refractivity contribution in [2.24, 2.45) is 0 Å². The second kappa shape index (κ2) is 8.00. The number of rotatable bonds is 4. The number of hydrogen-bond acceptors (Lipinski definition) is 2. The van der Waals surface area contributed by atoms with Crippen LogP contribution < -0.4 is 15.4 Å². The summed E-state index contributed by atoms with van der Waals surface area (Å²) in [7, 11) is 0. The Morgan fingerprint density at radius 1 is 1.15 bits per heavy atom. The van der Waals surface area contributed by atoms with Crippen molar-refractivity contribution in [3.63, 3.8) is 0 Å². The molecular weight excluding hydrogens is 276 g/mol. The van der Waals surface area contributed by atoms with E-state index in [2.05, 4.69) is 10.6 Å².